The summed E-state index contributed by atoms with van der Waals surface area (Å²) in [6.07, 6.45) is 1.29. The number of carbonyl (C=O) groups is 1. The highest BCUT2D eigenvalue weighted by Crippen LogP contribution is 2.35. The van der Waals surface area contributed by atoms with Gasteiger partial charge in [0.1, 0.15) is 5.54 Å². The first-order valence-corrected chi connectivity index (χ1v) is 9.01. The van der Waals surface area contributed by atoms with Gasteiger partial charge in [-0.15, -0.1) is 0 Å². The first kappa shape index (κ1) is 16.6. The molecule has 0 unspecified atom stereocenters. The molecule has 4 rings (SSSR count). The molecule has 0 bridgehead atoms. The van der Waals surface area contributed by atoms with E-state index in [1.54, 1.807) is 6.07 Å². The van der Waals surface area contributed by atoms with E-state index in [1.807, 2.05) is 36.4 Å². The summed E-state index contributed by atoms with van der Waals surface area (Å²) in [6.45, 7) is 1.51. The molecule has 2 heterocycles. The lowest BCUT2D eigenvalue weighted by molar-refractivity contribution is -0.121. The Hall–Kier alpha value is -1.88. The predicted octanol–water partition coefficient (Wildman–Crippen LogP) is 3.91. The molecule has 1 spiro atoms. The van der Waals surface area contributed by atoms with E-state index >= 15 is 0 Å². The zero-order chi connectivity index (χ0) is 17.4. The van der Waals surface area contributed by atoms with Crippen molar-refractivity contribution in [2.45, 2.75) is 18.4 Å². The molecule has 2 N–H and O–H groups in total. The van der Waals surface area contributed by atoms with Crippen LogP contribution >= 0.6 is 23.2 Å². The molecule has 0 saturated carbocycles. The van der Waals surface area contributed by atoms with Crippen LogP contribution in [-0.2, 0) is 4.79 Å². The Kier molecular flexibility index (Phi) is 4.28. The molecular formula is C19H17Cl2N3O. The lowest BCUT2D eigenvalue weighted by atomic mass is 9.87. The Labute approximate surface area is 156 Å². The minimum Gasteiger partial charge on any atom is -0.323 e. The van der Waals surface area contributed by atoms with Gasteiger partial charge in [-0.2, -0.15) is 0 Å². The predicted molar refractivity (Wildman–Crippen MR) is 102 cm³/mol. The molecule has 0 atom stereocenters. The van der Waals surface area contributed by atoms with Gasteiger partial charge in [0.2, 0.25) is 0 Å². The van der Waals surface area contributed by atoms with Crippen LogP contribution in [0, 0.1) is 0 Å². The van der Waals surface area contributed by atoms with E-state index in [0.29, 0.717) is 34.3 Å². The number of halogens is 2. The third kappa shape index (κ3) is 2.95. The zero-order valence-electron chi connectivity index (χ0n) is 13.5. The molecule has 128 valence electrons. The molecule has 0 aromatic heterocycles. The Bertz CT molecular complexity index is 873. The second-order valence-electron chi connectivity index (χ2n) is 6.37. The molecule has 0 radical (unpaired) electrons. The van der Waals surface area contributed by atoms with Crippen LogP contribution in [0.25, 0.3) is 0 Å². The van der Waals surface area contributed by atoms with E-state index in [0.717, 1.165) is 24.2 Å². The standard InChI is InChI=1S/C19H17Cl2N3O/c20-12-5-6-16-14(11-12)17(13-3-1-2-4-15(13)21)24-19(18(25)23-16)7-9-22-10-8-19/h1-6,11,22H,7-10H2,(H,23,25). The van der Waals surface area contributed by atoms with E-state index in [4.69, 9.17) is 28.2 Å². The fraction of sp³-hybridized carbons (Fsp3) is 0.263. The number of aliphatic imine (C=N–C) groups is 1. The van der Waals surface area contributed by atoms with Crippen molar-refractivity contribution in [2.24, 2.45) is 4.99 Å². The Morgan fingerprint density at radius 1 is 1.00 bits per heavy atom. The van der Waals surface area contributed by atoms with Crippen molar-refractivity contribution in [3.63, 3.8) is 0 Å². The van der Waals surface area contributed by atoms with Gasteiger partial charge in [0.25, 0.3) is 5.91 Å². The number of nitrogens with one attached hydrogen (secondary N) is 2. The van der Waals surface area contributed by atoms with Crippen LogP contribution < -0.4 is 10.6 Å². The minimum absolute atomic E-state index is 0.0698. The molecule has 2 aromatic rings. The molecule has 1 amide bonds. The summed E-state index contributed by atoms with van der Waals surface area (Å²) >= 11 is 12.7. The number of hydrogen-bond acceptors (Lipinski definition) is 3. The van der Waals surface area contributed by atoms with E-state index in [9.17, 15) is 4.79 Å². The largest absolute Gasteiger partial charge is 0.323 e. The van der Waals surface area contributed by atoms with Crippen LogP contribution in [0.4, 0.5) is 5.69 Å². The molecule has 1 fully saturated rings. The molecule has 25 heavy (non-hydrogen) atoms. The van der Waals surface area contributed by atoms with Gasteiger partial charge < -0.3 is 10.6 Å². The van der Waals surface area contributed by atoms with Gasteiger partial charge in [-0.25, -0.2) is 0 Å². The van der Waals surface area contributed by atoms with Crippen molar-refractivity contribution >= 4 is 40.5 Å². The zero-order valence-corrected chi connectivity index (χ0v) is 15.0. The number of hydrogen-bond donors (Lipinski definition) is 2. The summed E-state index contributed by atoms with van der Waals surface area (Å²) in [7, 11) is 0. The van der Waals surface area contributed by atoms with Crippen LogP contribution in [0.5, 0.6) is 0 Å². The second-order valence-corrected chi connectivity index (χ2v) is 7.21. The summed E-state index contributed by atoms with van der Waals surface area (Å²) in [5, 5.41) is 7.54. The van der Waals surface area contributed by atoms with Crippen molar-refractivity contribution in [1.82, 2.24) is 5.32 Å². The highest BCUT2D eigenvalue weighted by Gasteiger charge is 2.42. The average molecular weight is 374 g/mol. The van der Waals surface area contributed by atoms with Crippen LogP contribution in [0.1, 0.15) is 24.0 Å². The number of benzene rings is 2. The van der Waals surface area contributed by atoms with E-state index in [-0.39, 0.29) is 5.91 Å². The van der Waals surface area contributed by atoms with Crippen molar-refractivity contribution in [3.8, 4) is 0 Å². The normalized spacial score (nSPS) is 19.0. The smallest absolute Gasteiger partial charge is 0.252 e. The van der Waals surface area contributed by atoms with Crippen molar-refractivity contribution in [2.75, 3.05) is 18.4 Å². The molecule has 4 nitrogen and oxygen atoms in total. The van der Waals surface area contributed by atoms with Crippen LogP contribution in [0.3, 0.4) is 0 Å². The first-order valence-electron chi connectivity index (χ1n) is 8.26. The van der Waals surface area contributed by atoms with Gasteiger partial charge in [0, 0.05) is 21.2 Å². The van der Waals surface area contributed by atoms with E-state index in [1.165, 1.54) is 0 Å². The lowest BCUT2D eigenvalue weighted by Gasteiger charge is -2.32. The average Bonchev–Trinajstić information content (AvgIpc) is 2.72. The lowest BCUT2D eigenvalue weighted by Crippen LogP contribution is -2.49. The number of piperidine rings is 1. The summed E-state index contributed by atoms with van der Waals surface area (Å²) in [6, 6.07) is 13.0. The van der Waals surface area contributed by atoms with Gasteiger partial charge >= 0.3 is 0 Å². The molecule has 2 aliphatic rings. The molecule has 1 saturated heterocycles. The van der Waals surface area contributed by atoms with Gasteiger partial charge in [0.15, 0.2) is 0 Å². The third-order valence-corrected chi connectivity index (χ3v) is 5.36. The van der Waals surface area contributed by atoms with Crippen LogP contribution in [0.15, 0.2) is 47.5 Å². The van der Waals surface area contributed by atoms with E-state index < -0.39 is 5.54 Å². The Balaban J connectivity index is 1.98. The maximum atomic E-state index is 13.0. The number of nitrogens with zero attached hydrogens (tertiary/aromatic N) is 1. The second kappa shape index (κ2) is 6.45. The highest BCUT2D eigenvalue weighted by atomic mass is 35.5. The molecule has 2 aliphatic heterocycles. The quantitative estimate of drug-likeness (QED) is 0.796. The number of carbonyl (C=O) groups excluding carboxylic acids is 1. The molecular weight excluding hydrogens is 357 g/mol. The number of rotatable bonds is 1. The maximum absolute atomic E-state index is 13.0. The fourth-order valence-corrected chi connectivity index (χ4v) is 3.82. The molecule has 0 aliphatic carbocycles. The van der Waals surface area contributed by atoms with Gasteiger partial charge in [-0.1, -0.05) is 41.4 Å². The summed E-state index contributed by atoms with van der Waals surface area (Å²) in [4.78, 5) is 18.0. The SMILES string of the molecule is O=C1Nc2ccc(Cl)cc2C(c2ccccc2Cl)=NC12CCNCC2. The van der Waals surface area contributed by atoms with Gasteiger partial charge in [-0.3, -0.25) is 9.79 Å². The first-order chi connectivity index (χ1) is 12.1. The van der Waals surface area contributed by atoms with Gasteiger partial charge in [0.05, 0.1) is 11.4 Å². The Morgan fingerprint density at radius 2 is 1.76 bits per heavy atom. The highest BCUT2D eigenvalue weighted by molar-refractivity contribution is 6.37. The van der Waals surface area contributed by atoms with Crippen molar-refractivity contribution in [3.05, 3.63) is 63.6 Å². The van der Waals surface area contributed by atoms with Gasteiger partial charge in [-0.05, 0) is 50.2 Å². The number of amides is 1. The topological polar surface area (TPSA) is 53.5 Å². The fourth-order valence-electron chi connectivity index (χ4n) is 3.42. The van der Waals surface area contributed by atoms with Crippen molar-refractivity contribution < 1.29 is 4.79 Å². The molecule has 2 aromatic carbocycles. The Morgan fingerprint density at radius 3 is 2.52 bits per heavy atom. The summed E-state index contributed by atoms with van der Waals surface area (Å²) in [5.74, 6) is -0.0698. The number of anilines is 1. The summed E-state index contributed by atoms with van der Waals surface area (Å²) < 4.78 is 0. The maximum Gasteiger partial charge on any atom is 0.252 e. The third-order valence-electron chi connectivity index (χ3n) is 4.79. The summed E-state index contributed by atoms with van der Waals surface area (Å²) in [5.41, 5.74) is 2.24. The van der Waals surface area contributed by atoms with Crippen LogP contribution in [-0.4, -0.2) is 30.2 Å². The minimum atomic E-state index is -0.786. The monoisotopic (exact) mass is 373 g/mol. The van der Waals surface area contributed by atoms with E-state index in [2.05, 4.69) is 10.6 Å². The van der Waals surface area contributed by atoms with Crippen molar-refractivity contribution in [1.29, 1.82) is 0 Å². The number of fused-ring (bicyclic) bond motifs is 1. The molecule has 6 heteroatoms. The van der Waals surface area contributed by atoms with Crippen LogP contribution in [0.2, 0.25) is 10.0 Å².